The van der Waals surface area contributed by atoms with Crippen LogP contribution in [-0.2, 0) is 9.53 Å². The molecule has 1 aliphatic heterocycles. The second kappa shape index (κ2) is 11.8. The minimum absolute atomic E-state index is 0.121. The Morgan fingerprint density at radius 3 is 2.55 bits per heavy atom. The standard InChI is InChI=1S/C25H30I2O4/c1-4-18(22-14-20(26)15-23(27)25(22)30-17(3)28)13-16(2)19-8-10-21(11-9-19)31-24-7-5-6-12-29-24/h8-11,14-16,18,24H,4-7,12-13H2,1-3H3. The number of halogens is 2. The third-order valence-electron chi connectivity index (χ3n) is 5.71. The van der Waals surface area contributed by atoms with E-state index in [1.165, 1.54) is 12.5 Å². The summed E-state index contributed by atoms with van der Waals surface area (Å²) in [5, 5.41) is 0. The Kier molecular flexibility index (Phi) is 9.46. The summed E-state index contributed by atoms with van der Waals surface area (Å²) in [6.45, 7) is 6.70. The maximum Gasteiger partial charge on any atom is 0.308 e. The third kappa shape index (κ3) is 7.05. The molecule has 3 unspecified atom stereocenters. The van der Waals surface area contributed by atoms with Crippen LogP contribution in [0.3, 0.4) is 0 Å². The molecule has 168 valence electrons. The molecular weight excluding hydrogens is 618 g/mol. The fourth-order valence-corrected chi connectivity index (χ4v) is 6.04. The largest absolute Gasteiger partial charge is 0.465 e. The van der Waals surface area contributed by atoms with Crippen molar-refractivity contribution in [3.8, 4) is 11.5 Å². The summed E-state index contributed by atoms with van der Waals surface area (Å²) in [6, 6.07) is 12.6. The summed E-state index contributed by atoms with van der Waals surface area (Å²) in [6.07, 6.45) is 5.07. The Bertz CT molecular complexity index is 876. The molecule has 0 aliphatic carbocycles. The maximum atomic E-state index is 11.7. The van der Waals surface area contributed by atoms with E-state index >= 15 is 0 Å². The quantitative estimate of drug-likeness (QED) is 0.170. The molecule has 3 rings (SSSR count). The summed E-state index contributed by atoms with van der Waals surface area (Å²) < 4.78 is 19.4. The molecular formula is C25H30I2O4. The smallest absolute Gasteiger partial charge is 0.308 e. The van der Waals surface area contributed by atoms with E-state index in [0.717, 1.165) is 57.2 Å². The summed E-state index contributed by atoms with van der Waals surface area (Å²) in [5.41, 5.74) is 2.40. The maximum absolute atomic E-state index is 11.7. The van der Waals surface area contributed by atoms with E-state index in [4.69, 9.17) is 14.2 Å². The van der Waals surface area contributed by atoms with E-state index < -0.39 is 0 Å². The number of esters is 1. The summed E-state index contributed by atoms with van der Waals surface area (Å²) in [4.78, 5) is 11.7. The Hall–Kier alpha value is -0.870. The second-order valence-electron chi connectivity index (χ2n) is 8.12. The normalized spacial score (nSPS) is 18.3. The van der Waals surface area contributed by atoms with E-state index in [1.807, 2.05) is 18.2 Å². The van der Waals surface area contributed by atoms with Crippen LogP contribution in [0.5, 0.6) is 11.5 Å². The fourth-order valence-electron chi connectivity index (χ4n) is 4.04. The number of rotatable bonds is 8. The van der Waals surface area contributed by atoms with Crippen LogP contribution in [-0.4, -0.2) is 18.9 Å². The Balaban J connectivity index is 1.72. The van der Waals surface area contributed by atoms with Gasteiger partial charge in [0.1, 0.15) is 11.5 Å². The molecule has 0 aromatic heterocycles. The molecule has 0 bridgehead atoms. The number of hydrogen-bond donors (Lipinski definition) is 0. The first kappa shape index (κ1) is 24.8. The van der Waals surface area contributed by atoms with Gasteiger partial charge in [-0.2, -0.15) is 0 Å². The number of hydrogen-bond acceptors (Lipinski definition) is 4. The third-order valence-corrected chi connectivity index (χ3v) is 7.13. The van der Waals surface area contributed by atoms with Gasteiger partial charge in [-0.15, -0.1) is 0 Å². The van der Waals surface area contributed by atoms with Gasteiger partial charge in [0, 0.05) is 22.5 Å². The van der Waals surface area contributed by atoms with Crippen LogP contribution in [0.2, 0.25) is 0 Å². The van der Waals surface area contributed by atoms with Crippen molar-refractivity contribution in [2.75, 3.05) is 6.61 Å². The topological polar surface area (TPSA) is 44.8 Å². The first-order valence-electron chi connectivity index (χ1n) is 10.9. The van der Waals surface area contributed by atoms with E-state index in [1.54, 1.807) is 0 Å². The van der Waals surface area contributed by atoms with Crippen molar-refractivity contribution >= 4 is 51.2 Å². The van der Waals surface area contributed by atoms with Crippen LogP contribution in [0.1, 0.15) is 75.8 Å². The lowest BCUT2D eigenvalue weighted by Gasteiger charge is -2.25. The molecule has 31 heavy (non-hydrogen) atoms. The van der Waals surface area contributed by atoms with Gasteiger partial charge in [0.25, 0.3) is 0 Å². The van der Waals surface area contributed by atoms with E-state index in [9.17, 15) is 4.79 Å². The van der Waals surface area contributed by atoms with Gasteiger partial charge in [-0.3, -0.25) is 4.79 Å². The van der Waals surface area contributed by atoms with Crippen LogP contribution in [0.4, 0.5) is 0 Å². The number of ether oxygens (including phenoxy) is 3. The van der Waals surface area contributed by atoms with Crippen LogP contribution < -0.4 is 9.47 Å². The molecule has 0 radical (unpaired) electrons. The monoisotopic (exact) mass is 648 g/mol. The van der Waals surface area contributed by atoms with Gasteiger partial charge in [0.05, 0.1) is 10.2 Å². The van der Waals surface area contributed by atoms with E-state index in [0.29, 0.717) is 17.6 Å². The van der Waals surface area contributed by atoms with Gasteiger partial charge in [0.15, 0.2) is 6.29 Å². The fraction of sp³-hybridized carbons (Fsp3) is 0.480. The lowest BCUT2D eigenvalue weighted by atomic mass is 9.84. The number of benzene rings is 2. The van der Waals surface area contributed by atoms with Crippen molar-refractivity contribution in [2.45, 2.75) is 71.0 Å². The van der Waals surface area contributed by atoms with Gasteiger partial charge in [-0.25, -0.2) is 0 Å². The summed E-state index contributed by atoms with van der Waals surface area (Å²) in [7, 11) is 0. The Morgan fingerprint density at radius 1 is 1.19 bits per heavy atom. The molecule has 0 amide bonds. The highest BCUT2D eigenvalue weighted by Crippen LogP contribution is 2.40. The SMILES string of the molecule is CCC(CC(C)c1ccc(OC2CCCCO2)cc1)c1cc(I)cc(I)c1OC(C)=O. The Labute approximate surface area is 212 Å². The molecule has 0 spiro atoms. The molecule has 2 aromatic rings. The minimum atomic E-state index is -0.277. The van der Waals surface area contributed by atoms with Gasteiger partial charge in [-0.1, -0.05) is 26.0 Å². The van der Waals surface area contributed by atoms with Crippen molar-refractivity contribution in [1.29, 1.82) is 0 Å². The Morgan fingerprint density at radius 2 is 1.94 bits per heavy atom. The van der Waals surface area contributed by atoms with Crippen molar-refractivity contribution < 1.29 is 19.0 Å². The van der Waals surface area contributed by atoms with Crippen molar-refractivity contribution in [3.63, 3.8) is 0 Å². The molecule has 6 heteroatoms. The molecule has 1 aliphatic rings. The van der Waals surface area contributed by atoms with Gasteiger partial charge < -0.3 is 14.2 Å². The average Bonchev–Trinajstić information content (AvgIpc) is 2.74. The molecule has 1 fully saturated rings. The summed E-state index contributed by atoms with van der Waals surface area (Å²) in [5.74, 6) is 1.97. The first-order chi connectivity index (χ1) is 14.9. The number of carbonyl (C=O) groups is 1. The number of carbonyl (C=O) groups excluding carboxylic acids is 1. The highest BCUT2D eigenvalue weighted by molar-refractivity contribution is 14.1. The molecule has 1 heterocycles. The molecule has 0 saturated carbocycles. The predicted octanol–water partition coefficient (Wildman–Crippen LogP) is 7.41. The highest BCUT2D eigenvalue weighted by Gasteiger charge is 2.22. The summed E-state index contributed by atoms with van der Waals surface area (Å²) >= 11 is 4.59. The van der Waals surface area contributed by atoms with Crippen molar-refractivity contribution in [2.24, 2.45) is 0 Å². The molecule has 0 N–H and O–H groups in total. The zero-order valence-electron chi connectivity index (χ0n) is 18.3. The zero-order chi connectivity index (χ0) is 22.4. The molecule has 4 nitrogen and oxygen atoms in total. The van der Waals surface area contributed by atoms with Gasteiger partial charge in [0.2, 0.25) is 0 Å². The average molecular weight is 648 g/mol. The van der Waals surface area contributed by atoms with E-state index in [-0.39, 0.29) is 12.3 Å². The molecule has 3 atom stereocenters. The minimum Gasteiger partial charge on any atom is -0.465 e. The zero-order valence-corrected chi connectivity index (χ0v) is 22.6. The second-order valence-corrected chi connectivity index (χ2v) is 10.5. The van der Waals surface area contributed by atoms with Crippen molar-refractivity contribution in [3.05, 3.63) is 54.7 Å². The lowest BCUT2D eigenvalue weighted by molar-refractivity contribution is -0.132. The first-order valence-corrected chi connectivity index (χ1v) is 13.1. The van der Waals surface area contributed by atoms with Crippen LogP contribution in [0.15, 0.2) is 36.4 Å². The lowest BCUT2D eigenvalue weighted by Crippen LogP contribution is -2.24. The highest BCUT2D eigenvalue weighted by atomic mass is 127. The van der Waals surface area contributed by atoms with E-state index in [2.05, 4.69) is 77.2 Å². The van der Waals surface area contributed by atoms with Gasteiger partial charge >= 0.3 is 5.97 Å². The molecule has 1 saturated heterocycles. The predicted molar refractivity (Wildman–Crippen MR) is 140 cm³/mol. The van der Waals surface area contributed by atoms with Crippen LogP contribution >= 0.6 is 45.2 Å². The molecule has 2 aromatic carbocycles. The van der Waals surface area contributed by atoms with Crippen LogP contribution in [0, 0.1) is 7.14 Å². The van der Waals surface area contributed by atoms with Gasteiger partial charge in [-0.05, 0) is 113 Å². The van der Waals surface area contributed by atoms with Crippen molar-refractivity contribution in [1.82, 2.24) is 0 Å². The van der Waals surface area contributed by atoms with Crippen LogP contribution in [0.25, 0.3) is 0 Å².